The van der Waals surface area contributed by atoms with Gasteiger partial charge in [0.1, 0.15) is 11.5 Å². The van der Waals surface area contributed by atoms with Gasteiger partial charge in [-0.25, -0.2) is 0 Å². The van der Waals surface area contributed by atoms with Crippen LogP contribution in [0.4, 0.5) is 0 Å². The van der Waals surface area contributed by atoms with Gasteiger partial charge in [0.2, 0.25) is 0 Å². The van der Waals surface area contributed by atoms with Gasteiger partial charge in [-0.15, -0.1) is 0 Å². The van der Waals surface area contributed by atoms with Crippen LogP contribution in [0.3, 0.4) is 0 Å². The molecule has 0 unspecified atom stereocenters. The fourth-order valence-corrected chi connectivity index (χ4v) is 3.24. The minimum absolute atomic E-state index is 0. The maximum atomic E-state index is 11.2. The number of carboxylic acid groups (broad SMARTS) is 2. The fraction of sp³-hybridized carbons (Fsp3) is 0.364. The van der Waals surface area contributed by atoms with Gasteiger partial charge in [0.15, 0.2) is 0 Å². The van der Waals surface area contributed by atoms with Gasteiger partial charge in [0.25, 0.3) is 0 Å². The van der Waals surface area contributed by atoms with Crippen LogP contribution in [-0.4, -0.2) is 58.1 Å². The van der Waals surface area contributed by atoms with Crippen LogP contribution in [0, 0.1) is 13.8 Å². The average molecular weight is 493 g/mol. The second kappa shape index (κ2) is 16.0. The van der Waals surface area contributed by atoms with Crippen LogP contribution in [-0.2, 0) is 22.7 Å². The Kier molecular flexibility index (Phi) is 16.0. The van der Waals surface area contributed by atoms with Crippen molar-refractivity contribution in [2.24, 2.45) is 0 Å². The number of phenolic OH excluding ortho intramolecular Hbond substituents is 2. The minimum atomic E-state index is -1.27. The predicted molar refractivity (Wildman–Crippen MR) is 106 cm³/mol. The molecule has 2 N–H and O–H groups in total. The summed E-state index contributed by atoms with van der Waals surface area (Å²) in [5, 5.41) is 42.5. The second-order valence-electron chi connectivity index (χ2n) is 7.43. The predicted octanol–water partition coefficient (Wildman–Crippen LogP) is -6.47. The van der Waals surface area contributed by atoms with E-state index in [0.29, 0.717) is 11.1 Å². The van der Waals surface area contributed by atoms with Crippen molar-refractivity contribution < 1.29 is 133 Å². The van der Waals surface area contributed by atoms with Crippen molar-refractivity contribution in [3.8, 4) is 11.5 Å². The van der Waals surface area contributed by atoms with Crippen LogP contribution in [0.5, 0.6) is 11.5 Å². The molecule has 32 heavy (non-hydrogen) atoms. The van der Waals surface area contributed by atoms with Crippen molar-refractivity contribution in [3.05, 3.63) is 58.7 Å². The Balaban J connectivity index is 0.00000480. The van der Waals surface area contributed by atoms with Crippen molar-refractivity contribution >= 4 is 11.9 Å². The number of hydrogen-bond donors (Lipinski definition) is 2. The standard InChI is InChI=1S/C22H28N2O6.2K/c1-15-3-5-19(25)17(9-15)11-23(13-21(27)28)7-8-24(14-22(29)30)12-18-10-16(2)4-6-20(18)26;;/h3-6,9-10,25-26H,7-8,11-14H2,1-2H3,(H,27,28)(H,29,30);;/q;2*+1/p-2. The molecule has 162 valence electrons. The molecule has 0 heterocycles. The zero-order valence-corrected chi connectivity index (χ0v) is 25.4. The van der Waals surface area contributed by atoms with Crippen molar-refractivity contribution in [2.45, 2.75) is 26.9 Å². The number of phenols is 2. The summed E-state index contributed by atoms with van der Waals surface area (Å²) in [6.07, 6.45) is 0. The molecule has 0 bridgehead atoms. The van der Waals surface area contributed by atoms with E-state index in [2.05, 4.69) is 0 Å². The van der Waals surface area contributed by atoms with Crippen LogP contribution in [0.1, 0.15) is 22.3 Å². The van der Waals surface area contributed by atoms with E-state index in [0.717, 1.165) is 11.1 Å². The number of aliphatic carboxylic acids is 2. The first kappa shape index (κ1) is 32.2. The number of hydrogen-bond acceptors (Lipinski definition) is 8. The van der Waals surface area contributed by atoms with E-state index in [-0.39, 0.29) is 154 Å². The van der Waals surface area contributed by atoms with Gasteiger partial charge in [0, 0.05) is 50.4 Å². The summed E-state index contributed by atoms with van der Waals surface area (Å²) in [6.45, 7) is 3.73. The average Bonchev–Trinajstić information content (AvgIpc) is 2.64. The van der Waals surface area contributed by atoms with E-state index in [9.17, 15) is 30.0 Å². The van der Waals surface area contributed by atoms with Gasteiger partial charge >= 0.3 is 103 Å². The fourth-order valence-electron chi connectivity index (χ4n) is 3.24. The minimum Gasteiger partial charge on any atom is -0.549 e. The van der Waals surface area contributed by atoms with E-state index in [1.165, 1.54) is 0 Å². The molecule has 0 aromatic heterocycles. The van der Waals surface area contributed by atoms with Crippen molar-refractivity contribution in [2.75, 3.05) is 26.2 Å². The van der Waals surface area contributed by atoms with Crippen LogP contribution in [0.25, 0.3) is 0 Å². The monoisotopic (exact) mass is 492 g/mol. The first-order valence-electron chi connectivity index (χ1n) is 9.55. The molecule has 0 aliphatic rings. The largest absolute Gasteiger partial charge is 1.00 e. The van der Waals surface area contributed by atoms with Crippen LogP contribution in [0.2, 0.25) is 0 Å². The summed E-state index contributed by atoms with van der Waals surface area (Å²) >= 11 is 0. The number of carboxylic acids is 2. The zero-order valence-electron chi connectivity index (χ0n) is 19.1. The SMILES string of the molecule is Cc1ccc(O)c(CN(CCN(CC(=O)[O-])Cc2cc(C)ccc2O)CC(=O)[O-])c1.[K+].[K+]. The van der Waals surface area contributed by atoms with Crippen molar-refractivity contribution in [1.82, 2.24) is 9.80 Å². The molecule has 0 amide bonds. The Morgan fingerprint density at radius 2 is 1.09 bits per heavy atom. The van der Waals surface area contributed by atoms with Crippen molar-refractivity contribution in [3.63, 3.8) is 0 Å². The summed E-state index contributed by atoms with van der Waals surface area (Å²) in [7, 11) is 0. The molecule has 10 heteroatoms. The number of nitrogens with zero attached hydrogens (tertiary/aromatic N) is 2. The van der Waals surface area contributed by atoms with Crippen molar-refractivity contribution in [1.29, 1.82) is 0 Å². The maximum Gasteiger partial charge on any atom is 1.00 e. The zero-order chi connectivity index (χ0) is 22.3. The quantitative estimate of drug-likeness (QED) is 0.297. The van der Waals surface area contributed by atoms with Gasteiger partial charge in [0.05, 0.1) is 11.9 Å². The third-order valence-electron chi connectivity index (χ3n) is 4.70. The second-order valence-corrected chi connectivity index (χ2v) is 7.43. The summed E-state index contributed by atoms with van der Waals surface area (Å²) < 4.78 is 0. The molecule has 2 aromatic rings. The van der Waals surface area contributed by atoms with E-state index < -0.39 is 11.9 Å². The van der Waals surface area contributed by atoms with E-state index in [1.807, 2.05) is 13.8 Å². The Hall–Kier alpha value is 0.173. The normalized spacial score (nSPS) is 10.5. The van der Waals surface area contributed by atoms with Gasteiger partial charge < -0.3 is 30.0 Å². The molecule has 0 fully saturated rings. The molecule has 2 rings (SSSR count). The smallest absolute Gasteiger partial charge is 0.549 e. The molecule has 0 aliphatic carbocycles. The molecule has 0 atom stereocenters. The number of rotatable bonds is 11. The Bertz CT molecular complexity index is 836. The number of aryl methyl sites for hydroxylation is 2. The summed E-state index contributed by atoms with van der Waals surface area (Å²) in [5.74, 6) is -2.43. The summed E-state index contributed by atoms with van der Waals surface area (Å²) in [4.78, 5) is 25.5. The molecule has 0 radical (unpaired) electrons. The van der Waals surface area contributed by atoms with Crippen LogP contribution >= 0.6 is 0 Å². The van der Waals surface area contributed by atoms with Crippen LogP contribution in [0.15, 0.2) is 36.4 Å². The maximum absolute atomic E-state index is 11.2. The van der Waals surface area contributed by atoms with E-state index in [1.54, 1.807) is 46.2 Å². The molecular weight excluding hydrogens is 466 g/mol. The molecule has 0 spiro atoms. The van der Waals surface area contributed by atoms with Gasteiger partial charge in [-0.05, 0) is 26.0 Å². The molecule has 0 aliphatic heterocycles. The molecule has 0 saturated heterocycles. The number of aromatic hydroxyl groups is 2. The Labute approximate surface area is 273 Å². The molecular formula is C22H26K2N2O6. The van der Waals surface area contributed by atoms with E-state index in [4.69, 9.17) is 0 Å². The summed E-state index contributed by atoms with van der Waals surface area (Å²) in [6, 6.07) is 10.1. The van der Waals surface area contributed by atoms with Gasteiger partial charge in [-0.1, -0.05) is 35.4 Å². The Morgan fingerprint density at radius 3 is 1.41 bits per heavy atom. The molecule has 2 aromatic carbocycles. The van der Waals surface area contributed by atoms with E-state index >= 15 is 0 Å². The number of carbonyl (C=O) groups is 2. The first-order valence-corrected chi connectivity index (χ1v) is 9.55. The van der Waals surface area contributed by atoms with Gasteiger partial charge in [-0.2, -0.15) is 0 Å². The summed E-state index contributed by atoms with van der Waals surface area (Å²) in [5.41, 5.74) is 2.98. The molecule has 8 nitrogen and oxygen atoms in total. The Morgan fingerprint density at radius 1 is 0.750 bits per heavy atom. The molecule has 0 saturated carbocycles. The third kappa shape index (κ3) is 11.5. The first-order chi connectivity index (χ1) is 14.1. The third-order valence-corrected chi connectivity index (χ3v) is 4.70. The topological polar surface area (TPSA) is 127 Å². The van der Waals surface area contributed by atoms with Gasteiger partial charge in [-0.3, -0.25) is 9.80 Å². The number of benzene rings is 2. The number of carbonyl (C=O) groups excluding carboxylic acids is 2. The van der Waals surface area contributed by atoms with Crippen LogP contribution < -0.4 is 113 Å².